The molecule has 0 aromatic heterocycles. The third-order valence-electron chi connectivity index (χ3n) is 4.80. The van der Waals surface area contributed by atoms with Gasteiger partial charge in [0.2, 0.25) is 0 Å². The number of thioether (sulfide) groups is 1. The van der Waals surface area contributed by atoms with E-state index in [1.807, 2.05) is 0 Å². The molecule has 2 N–H and O–H groups in total. The minimum absolute atomic E-state index is 0.325. The number of rotatable bonds is 2. The summed E-state index contributed by atoms with van der Waals surface area (Å²) in [5, 5.41) is 0. The average molecular weight is 256 g/mol. The quantitative estimate of drug-likeness (QED) is 0.770. The van der Waals surface area contributed by atoms with E-state index >= 15 is 0 Å². The van der Waals surface area contributed by atoms with E-state index in [0.717, 1.165) is 12.5 Å². The zero-order valence-electron chi connectivity index (χ0n) is 11.5. The van der Waals surface area contributed by atoms with Crippen LogP contribution in [0.2, 0.25) is 0 Å². The van der Waals surface area contributed by atoms with E-state index < -0.39 is 0 Å². The molecule has 0 spiro atoms. The van der Waals surface area contributed by atoms with Gasteiger partial charge in [-0.3, -0.25) is 4.90 Å². The Labute approximate surface area is 111 Å². The minimum atomic E-state index is 0.325. The lowest BCUT2D eigenvalue weighted by Crippen LogP contribution is -2.59. The van der Waals surface area contributed by atoms with E-state index in [9.17, 15) is 0 Å². The Morgan fingerprint density at radius 1 is 1.29 bits per heavy atom. The maximum atomic E-state index is 6.20. The zero-order chi connectivity index (χ0) is 12.3. The topological polar surface area (TPSA) is 29.3 Å². The van der Waals surface area contributed by atoms with Crippen molar-refractivity contribution in [2.45, 2.75) is 57.5 Å². The molecule has 2 nitrogen and oxygen atoms in total. The lowest BCUT2D eigenvalue weighted by molar-refractivity contribution is 0.0523. The standard InChI is InChI=1S/C14H28N2S/c1-12-4-3-6-14(11-15,7-5-12)16-8-9-17-10-13(16)2/h12-13H,3-11,15H2,1-2H3. The van der Waals surface area contributed by atoms with Crippen molar-refractivity contribution in [1.29, 1.82) is 0 Å². The molecule has 3 unspecified atom stereocenters. The van der Waals surface area contributed by atoms with Gasteiger partial charge in [-0.25, -0.2) is 0 Å². The first-order chi connectivity index (χ1) is 8.18. The van der Waals surface area contributed by atoms with Gasteiger partial charge in [0.05, 0.1) is 0 Å². The Bertz CT molecular complexity index is 246. The highest BCUT2D eigenvalue weighted by atomic mass is 32.2. The molecule has 17 heavy (non-hydrogen) atoms. The summed E-state index contributed by atoms with van der Waals surface area (Å²) >= 11 is 2.10. The fourth-order valence-electron chi connectivity index (χ4n) is 3.60. The first kappa shape index (κ1) is 13.7. The Morgan fingerprint density at radius 3 is 2.82 bits per heavy atom. The normalized spacial score (nSPS) is 41.1. The number of hydrogen-bond donors (Lipinski definition) is 1. The van der Waals surface area contributed by atoms with Gasteiger partial charge in [-0.15, -0.1) is 0 Å². The van der Waals surface area contributed by atoms with Gasteiger partial charge >= 0.3 is 0 Å². The summed E-state index contributed by atoms with van der Waals surface area (Å²) in [5.41, 5.74) is 6.52. The molecule has 2 fully saturated rings. The largest absolute Gasteiger partial charge is 0.329 e. The van der Waals surface area contributed by atoms with E-state index in [0.29, 0.717) is 11.6 Å². The smallest absolute Gasteiger partial charge is 0.0335 e. The Morgan fingerprint density at radius 2 is 2.12 bits per heavy atom. The minimum Gasteiger partial charge on any atom is -0.329 e. The third kappa shape index (κ3) is 2.99. The second-order valence-corrected chi connectivity index (χ2v) is 7.23. The molecule has 2 aliphatic rings. The van der Waals surface area contributed by atoms with Crippen LogP contribution in [0.5, 0.6) is 0 Å². The third-order valence-corrected chi connectivity index (χ3v) is 5.99. The first-order valence-corrected chi connectivity index (χ1v) is 8.38. The zero-order valence-corrected chi connectivity index (χ0v) is 12.3. The van der Waals surface area contributed by atoms with Crippen molar-refractivity contribution in [3.8, 4) is 0 Å². The van der Waals surface area contributed by atoms with Gasteiger partial charge in [-0.05, 0) is 32.1 Å². The molecule has 1 saturated heterocycles. The Kier molecular flexibility index (Phi) is 4.79. The summed E-state index contributed by atoms with van der Waals surface area (Å²) < 4.78 is 0. The van der Waals surface area contributed by atoms with Gasteiger partial charge in [-0.1, -0.05) is 19.8 Å². The Balaban J connectivity index is 2.11. The maximum Gasteiger partial charge on any atom is 0.0335 e. The molecule has 3 atom stereocenters. The van der Waals surface area contributed by atoms with E-state index in [4.69, 9.17) is 5.73 Å². The molecular weight excluding hydrogens is 228 g/mol. The number of nitrogens with two attached hydrogens (primary N) is 1. The SMILES string of the molecule is CC1CCCC(CN)(N2CCSCC2C)CC1. The van der Waals surface area contributed by atoms with Crippen LogP contribution in [0.4, 0.5) is 0 Å². The number of nitrogens with zero attached hydrogens (tertiary/aromatic N) is 1. The summed E-state index contributed by atoms with van der Waals surface area (Å²) in [5.74, 6) is 3.48. The molecule has 0 bridgehead atoms. The fraction of sp³-hybridized carbons (Fsp3) is 1.00. The molecule has 1 saturated carbocycles. The van der Waals surface area contributed by atoms with Gasteiger partial charge < -0.3 is 5.73 Å². The van der Waals surface area contributed by atoms with Crippen molar-refractivity contribution in [2.24, 2.45) is 11.7 Å². The van der Waals surface area contributed by atoms with Crippen molar-refractivity contribution >= 4 is 11.8 Å². The van der Waals surface area contributed by atoms with Crippen LogP contribution in [0, 0.1) is 5.92 Å². The maximum absolute atomic E-state index is 6.20. The highest BCUT2D eigenvalue weighted by molar-refractivity contribution is 7.99. The van der Waals surface area contributed by atoms with E-state index in [2.05, 4.69) is 30.5 Å². The van der Waals surface area contributed by atoms with Crippen LogP contribution in [0.15, 0.2) is 0 Å². The van der Waals surface area contributed by atoms with Crippen molar-refractivity contribution in [1.82, 2.24) is 4.90 Å². The van der Waals surface area contributed by atoms with Crippen LogP contribution in [-0.2, 0) is 0 Å². The summed E-state index contributed by atoms with van der Waals surface area (Å²) in [6.07, 6.45) is 6.78. The van der Waals surface area contributed by atoms with Crippen LogP contribution < -0.4 is 5.73 Å². The van der Waals surface area contributed by atoms with Crippen LogP contribution in [0.3, 0.4) is 0 Å². The number of hydrogen-bond acceptors (Lipinski definition) is 3. The van der Waals surface area contributed by atoms with Gasteiger partial charge in [0, 0.05) is 36.2 Å². The highest BCUT2D eigenvalue weighted by Crippen LogP contribution is 2.37. The summed E-state index contributed by atoms with van der Waals surface area (Å²) in [4.78, 5) is 2.75. The molecule has 1 aliphatic carbocycles. The van der Waals surface area contributed by atoms with Gasteiger partial charge in [0.1, 0.15) is 0 Å². The van der Waals surface area contributed by atoms with Gasteiger partial charge in [0.15, 0.2) is 0 Å². The highest BCUT2D eigenvalue weighted by Gasteiger charge is 2.39. The summed E-state index contributed by atoms with van der Waals surface area (Å²) in [7, 11) is 0. The second-order valence-electron chi connectivity index (χ2n) is 6.08. The summed E-state index contributed by atoms with van der Waals surface area (Å²) in [6.45, 7) is 6.89. The molecule has 1 heterocycles. The first-order valence-electron chi connectivity index (χ1n) is 7.22. The second kappa shape index (κ2) is 5.94. The molecule has 0 aromatic rings. The Hall–Kier alpha value is 0.270. The monoisotopic (exact) mass is 256 g/mol. The van der Waals surface area contributed by atoms with Crippen LogP contribution in [-0.4, -0.2) is 41.1 Å². The molecule has 3 heteroatoms. The summed E-state index contributed by atoms with van der Waals surface area (Å²) in [6, 6.07) is 0.714. The van der Waals surface area contributed by atoms with Crippen LogP contribution in [0.1, 0.15) is 46.0 Å². The van der Waals surface area contributed by atoms with Crippen LogP contribution >= 0.6 is 11.8 Å². The molecule has 100 valence electrons. The molecule has 0 amide bonds. The predicted octanol–water partition coefficient (Wildman–Crippen LogP) is 2.72. The van der Waals surface area contributed by atoms with Crippen molar-refractivity contribution < 1.29 is 0 Å². The molecule has 2 rings (SSSR count). The van der Waals surface area contributed by atoms with Gasteiger partial charge in [-0.2, -0.15) is 11.8 Å². The van der Waals surface area contributed by atoms with E-state index in [1.54, 1.807) is 0 Å². The lowest BCUT2D eigenvalue weighted by Gasteiger charge is -2.48. The molecule has 0 aromatic carbocycles. The average Bonchev–Trinajstić information content (AvgIpc) is 2.53. The van der Waals surface area contributed by atoms with Crippen molar-refractivity contribution in [3.63, 3.8) is 0 Å². The molecule has 1 aliphatic heterocycles. The van der Waals surface area contributed by atoms with Gasteiger partial charge in [0.25, 0.3) is 0 Å². The predicted molar refractivity (Wildman–Crippen MR) is 77.5 cm³/mol. The lowest BCUT2D eigenvalue weighted by atomic mass is 9.86. The fourth-order valence-corrected chi connectivity index (χ4v) is 4.62. The van der Waals surface area contributed by atoms with E-state index in [-0.39, 0.29) is 0 Å². The van der Waals surface area contributed by atoms with Crippen molar-refractivity contribution in [2.75, 3.05) is 24.6 Å². The van der Waals surface area contributed by atoms with Crippen LogP contribution in [0.25, 0.3) is 0 Å². The molecule has 0 radical (unpaired) electrons. The van der Waals surface area contributed by atoms with Crippen molar-refractivity contribution in [3.05, 3.63) is 0 Å². The molecular formula is C14H28N2S. The van der Waals surface area contributed by atoms with E-state index in [1.165, 1.54) is 50.2 Å².